The first-order chi connectivity index (χ1) is 23.2. The summed E-state index contributed by atoms with van der Waals surface area (Å²) in [6.45, 7) is 12.8. The first kappa shape index (κ1) is 32.2. The smallest absolute Gasteiger partial charge is 0.431 e. The van der Waals surface area contributed by atoms with Gasteiger partial charge in [0.1, 0.15) is 12.7 Å². The SMILES string of the molecule is CC(C)CCC[C@@H](C)[C@H]1CC[C@H]2[C@@H]3CC=C4C[C@@H](OC(=O)OCc5ccc6ccc7cccc8ccc5c6c78)CC[C@]4(C)[C@H]3CC[C@]12C. The lowest BCUT2D eigenvalue weighted by molar-refractivity contribution is -0.0620. The molecule has 48 heavy (non-hydrogen) atoms. The van der Waals surface area contributed by atoms with Crippen molar-refractivity contribution in [2.75, 3.05) is 0 Å². The van der Waals surface area contributed by atoms with Gasteiger partial charge in [-0.3, -0.25) is 0 Å². The summed E-state index contributed by atoms with van der Waals surface area (Å²) in [5.74, 6) is 5.02. The van der Waals surface area contributed by atoms with Crippen molar-refractivity contribution in [3.05, 3.63) is 71.8 Å². The Balaban J connectivity index is 0.910. The summed E-state index contributed by atoms with van der Waals surface area (Å²) in [6, 6.07) is 19.4. The van der Waals surface area contributed by atoms with Crippen molar-refractivity contribution in [1.29, 1.82) is 0 Å². The van der Waals surface area contributed by atoms with Gasteiger partial charge in [0.05, 0.1) is 0 Å². The first-order valence-electron chi connectivity index (χ1n) is 19.3. The Bertz CT molecular complexity index is 1820. The van der Waals surface area contributed by atoms with Gasteiger partial charge in [-0.2, -0.15) is 0 Å². The van der Waals surface area contributed by atoms with Crippen LogP contribution in [0.4, 0.5) is 4.79 Å². The van der Waals surface area contributed by atoms with E-state index >= 15 is 0 Å². The predicted molar refractivity (Wildman–Crippen MR) is 198 cm³/mol. The lowest BCUT2D eigenvalue weighted by Crippen LogP contribution is -2.51. The second-order valence-corrected chi connectivity index (χ2v) is 17.4. The highest BCUT2D eigenvalue weighted by molar-refractivity contribution is 6.23. The first-order valence-corrected chi connectivity index (χ1v) is 19.3. The van der Waals surface area contributed by atoms with Crippen molar-refractivity contribution in [3.8, 4) is 0 Å². The number of carbonyl (C=O) groups is 1. The fraction of sp³-hybridized carbons (Fsp3) is 0.578. The summed E-state index contributed by atoms with van der Waals surface area (Å²) in [5.41, 5.74) is 3.34. The van der Waals surface area contributed by atoms with Crippen LogP contribution in [0.15, 0.2) is 66.2 Å². The number of hydrogen-bond acceptors (Lipinski definition) is 3. The minimum Gasteiger partial charge on any atom is -0.431 e. The average Bonchev–Trinajstić information content (AvgIpc) is 3.44. The van der Waals surface area contributed by atoms with Gasteiger partial charge in [0.2, 0.25) is 0 Å². The molecule has 3 nitrogen and oxygen atoms in total. The van der Waals surface area contributed by atoms with Crippen molar-refractivity contribution in [3.63, 3.8) is 0 Å². The van der Waals surface area contributed by atoms with E-state index in [1.807, 2.05) is 0 Å². The summed E-state index contributed by atoms with van der Waals surface area (Å²) in [6.07, 6.45) is 15.9. The number of rotatable bonds is 8. The summed E-state index contributed by atoms with van der Waals surface area (Å²) >= 11 is 0. The van der Waals surface area contributed by atoms with E-state index in [1.54, 1.807) is 5.57 Å². The summed E-state index contributed by atoms with van der Waals surface area (Å²) in [7, 11) is 0. The number of ether oxygens (including phenoxy) is 2. The molecule has 3 fully saturated rings. The molecule has 0 aliphatic heterocycles. The molecule has 0 unspecified atom stereocenters. The van der Waals surface area contributed by atoms with Gasteiger partial charge in [-0.25, -0.2) is 4.79 Å². The normalized spacial score (nSPS) is 32.2. The molecule has 0 radical (unpaired) electrons. The second kappa shape index (κ2) is 12.4. The maximum Gasteiger partial charge on any atom is 0.508 e. The molecule has 3 saturated carbocycles. The Kier molecular flexibility index (Phi) is 8.28. The van der Waals surface area contributed by atoms with Crippen LogP contribution in [-0.4, -0.2) is 12.3 Å². The molecule has 0 saturated heterocycles. The molecule has 3 heteroatoms. The molecule has 254 valence electrons. The third-order valence-electron chi connectivity index (χ3n) is 14.5. The van der Waals surface area contributed by atoms with Crippen LogP contribution in [0.25, 0.3) is 32.3 Å². The zero-order chi connectivity index (χ0) is 33.2. The Labute approximate surface area is 288 Å². The van der Waals surface area contributed by atoms with Crippen molar-refractivity contribution in [1.82, 2.24) is 0 Å². The Morgan fingerprint density at radius 3 is 2.38 bits per heavy atom. The van der Waals surface area contributed by atoms with Gasteiger partial charge in [-0.1, -0.05) is 120 Å². The molecule has 0 heterocycles. The van der Waals surface area contributed by atoms with Crippen LogP contribution < -0.4 is 0 Å². The molecule has 0 bridgehead atoms. The summed E-state index contributed by atoms with van der Waals surface area (Å²) in [5, 5.41) is 7.39. The fourth-order valence-electron chi connectivity index (χ4n) is 12.0. The van der Waals surface area contributed by atoms with E-state index in [0.29, 0.717) is 5.41 Å². The fourth-order valence-corrected chi connectivity index (χ4v) is 12.0. The number of fused-ring (bicyclic) bond motifs is 5. The second-order valence-electron chi connectivity index (χ2n) is 17.4. The van der Waals surface area contributed by atoms with Crippen LogP contribution >= 0.6 is 0 Å². The summed E-state index contributed by atoms with van der Waals surface area (Å²) in [4.78, 5) is 13.1. The van der Waals surface area contributed by atoms with Crippen LogP contribution in [0.3, 0.4) is 0 Å². The van der Waals surface area contributed by atoms with Crippen LogP contribution in [0.2, 0.25) is 0 Å². The number of allylic oxidation sites excluding steroid dienone is 1. The topological polar surface area (TPSA) is 35.5 Å². The van der Waals surface area contributed by atoms with E-state index in [2.05, 4.69) is 95.3 Å². The zero-order valence-corrected chi connectivity index (χ0v) is 30.0. The molecular weight excluding hydrogens is 588 g/mol. The molecule has 0 amide bonds. The van der Waals surface area contributed by atoms with Gasteiger partial charge in [0.15, 0.2) is 0 Å². The van der Waals surface area contributed by atoms with E-state index in [0.717, 1.165) is 65.7 Å². The molecule has 4 aromatic carbocycles. The van der Waals surface area contributed by atoms with Gasteiger partial charge < -0.3 is 9.47 Å². The molecule has 4 aliphatic carbocycles. The van der Waals surface area contributed by atoms with E-state index in [9.17, 15) is 4.79 Å². The maximum atomic E-state index is 13.1. The Morgan fingerprint density at radius 1 is 0.833 bits per heavy atom. The predicted octanol–water partition coefficient (Wildman–Crippen LogP) is 12.6. The van der Waals surface area contributed by atoms with E-state index in [-0.39, 0.29) is 18.1 Å². The maximum absolute atomic E-state index is 13.1. The van der Waals surface area contributed by atoms with Crippen LogP contribution in [0, 0.1) is 46.3 Å². The highest BCUT2D eigenvalue weighted by Crippen LogP contribution is 2.67. The van der Waals surface area contributed by atoms with Crippen molar-refractivity contribution in [2.45, 2.75) is 118 Å². The largest absolute Gasteiger partial charge is 0.508 e. The third-order valence-corrected chi connectivity index (χ3v) is 14.5. The number of hydrogen-bond donors (Lipinski definition) is 0. The number of carbonyl (C=O) groups excluding carboxylic acids is 1. The quantitative estimate of drug-likeness (QED) is 0.109. The van der Waals surface area contributed by atoms with Crippen molar-refractivity contribution in [2.24, 2.45) is 46.3 Å². The highest BCUT2D eigenvalue weighted by Gasteiger charge is 2.59. The van der Waals surface area contributed by atoms with Crippen LogP contribution in [0.1, 0.15) is 111 Å². The third kappa shape index (κ3) is 5.34. The zero-order valence-electron chi connectivity index (χ0n) is 30.0. The molecule has 0 aromatic heterocycles. The Morgan fingerprint density at radius 2 is 1.58 bits per heavy atom. The number of benzene rings is 4. The van der Waals surface area contributed by atoms with Gasteiger partial charge in [0, 0.05) is 6.42 Å². The molecule has 0 spiro atoms. The minimum atomic E-state index is -0.531. The lowest BCUT2D eigenvalue weighted by atomic mass is 9.47. The molecule has 8 atom stereocenters. The Hall–Kier alpha value is -3.07. The van der Waals surface area contributed by atoms with Crippen molar-refractivity contribution >= 4 is 38.5 Å². The molecule has 4 aromatic rings. The van der Waals surface area contributed by atoms with Gasteiger partial charge in [0.25, 0.3) is 0 Å². The lowest BCUT2D eigenvalue weighted by Gasteiger charge is -2.58. The van der Waals surface area contributed by atoms with Crippen molar-refractivity contribution < 1.29 is 14.3 Å². The molecule has 4 aliphatic rings. The van der Waals surface area contributed by atoms with Gasteiger partial charge in [-0.05, 0) is 129 Å². The average molecular weight is 645 g/mol. The van der Waals surface area contributed by atoms with Gasteiger partial charge in [-0.15, -0.1) is 0 Å². The van der Waals surface area contributed by atoms with E-state index in [1.165, 1.54) is 78.3 Å². The standard InChI is InChI=1S/C45H56O3/c1-28(2)8-6-9-29(3)38-20-21-39-37-19-17-34-26-35(22-24-44(34,4)40(37)23-25-45(38,39)5)48-43(46)47-27-33-15-14-32-13-12-30-10-7-11-31-16-18-36(33)42(32)41(30)31/h7,10-18,28-29,35,37-40H,6,8-9,19-27H2,1-5H3/t29-,35+,37+,38-,39+,40+,44+,45-/m1/s1. The molecule has 8 rings (SSSR count). The van der Waals surface area contributed by atoms with E-state index < -0.39 is 6.16 Å². The minimum absolute atomic E-state index is 0.0915. The summed E-state index contributed by atoms with van der Waals surface area (Å²) < 4.78 is 11.9. The highest BCUT2D eigenvalue weighted by atomic mass is 16.7. The molecular formula is C45H56O3. The van der Waals surface area contributed by atoms with Crippen LogP contribution in [-0.2, 0) is 16.1 Å². The van der Waals surface area contributed by atoms with Gasteiger partial charge >= 0.3 is 6.16 Å². The van der Waals surface area contributed by atoms with Crippen LogP contribution in [0.5, 0.6) is 0 Å². The molecule has 0 N–H and O–H groups in total. The van der Waals surface area contributed by atoms with E-state index in [4.69, 9.17) is 9.47 Å². The monoisotopic (exact) mass is 644 g/mol.